The molecule has 0 spiro atoms. The molecule has 0 bridgehead atoms. The lowest BCUT2D eigenvalue weighted by Gasteiger charge is -2.30. The summed E-state index contributed by atoms with van der Waals surface area (Å²) in [7, 11) is 0. The molecule has 0 aliphatic carbocycles. The Labute approximate surface area is 215 Å². The first kappa shape index (κ1) is 27.6. The number of urea groups is 1. The van der Waals surface area contributed by atoms with Crippen LogP contribution in [-0.4, -0.2) is 72.7 Å². The standard InChI is InChI=1S/C26H33N5O6/c1-18-4-2-3-5-22(18)30-26(36)29-20-8-6-19(7-9-20)27-23(32)10-11-24(33)28-21(16-25(34)35)17-31-12-14-37-15-13-31/h2-9,21H,10-17H2,1H3,(H,27,32)(H,28,33)(H,34,35)(H2,29,30,36). The number of nitrogens with zero attached hydrogens (tertiary/aromatic N) is 1. The fraction of sp³-hybridized carbons (Fsp3) is 0.385. The van der Waals surface area contributed by atoms with Crippen molar-refractivity contribution in [2.75, 3.05) is 48.8 Å². The number of carboxylic acids is 1. The predicted octanol–water partition coefficient (Wildman–Crippen LogP) is 2.65. The minimum Gasteiger partial charge on any atom is -0.481 e. The molecule has 37 heavy (non-hydrogen) atoms. The molecule has 1 unspecified atom stereocenters. The average Bonchev–Trinajstić information content (AvgIpc) is 2.85. The summed E-state index contributed by atoms with van der Waals surface area (Å²) in [5.74, 6) is -1.73. The highest BCUT2D eigenvalue weighted by atomic mass is 16.5. The lowest BCUT2D eigenvalue weighted by atomic mass is 10.1. The molecule has 4 amide bonds. The van der Waals surface area contributed by atoms with Gasteiger partial charge in [0, 0.05) is 49.5 Å². The molecule has 0 radical (unpaired) electrons. The van der Waals surface area contributed by atoms with E-state index >= 15 is 0 Å². The van der Waals surface area contributed by atoms with Crippen molar-refractivity contribution in [3.8, 4) is 0 Å². The second-order valence-electron chi connectivity index (χ2n) is 8.79. The number of carboxylic acid groups (broad SMARTS) is 1. The van der Waals surface area contributed by atoms with Gasteiger partial charge in [-0.2, -0.15) is 0 Å². The topological polar surface area (TPSA) is 149 Å². The maximum atomic E-state index is 12.4. The van der Waals surface area contributed by atoms with E-state index in [1.54, 1.807) is 24.3 Å². The number of hydrogen-bond donors (Lipinski definition) is 5. The highest BCUT2D eigenvalue weighted by molar-refractivity contribution is 6.00. The lowest BCUT2D eigenvalue weighted by molar-refractivity contribution is -0.138. The summed E-state index contributed by atoms with van der Waals surface area (Å²) in [4.78, 5) is 50.1. The van der Waals surface area contributed by atoms with Gasteiger partial charge in [0.25, 0.3) is 0 Å². The normalized spacial score (nSPS) is 14.3. The molecule has 1 aliphatic heterocycles. The van der Waals surface area contributed by atoms with Gasteiger partial charge in [-0.15, -0.1) is 0 Å². The van der Waals surface area contributed by atoms with E-state index in [1.807, 2.05) is 31.2 Å². The molecule has 1 heterocycles. The molecule has 198 valence electrons. The van der Waals surface area contributed by atoms with Gasteiger partial charge in [-0.1, -0.05) is 18.2 Å². The van der Waals surface area contributed by atoms with E-state index in [4.69, 9.17) is 9.84 Å². The van der Waals surface area contributed by atoms with Crippen molar-refractivity contribution in [3.63, 3.8) is 0 Å². The maximum Gasteiger partial charge on any atom is 0.323 e. The molecule has 1 fully saturated rings. The zero-order valence-electron chi connectivity index (χ0n) is 20.8. The van der Waals surface area contributed by atoms with Gasteiger partial charge in [-0.05, 0) is 42.8 Å². The zero-order chi connectivity index (χ0) is 26.6. The Morgan fingerprint density at radius 2 is 1.51 bits per heavy atom. The molecular weight excluding hydrogens is 478 g/mol. The molecule has 2 aromatic carbocycles. The first-order valence-corrected chi connectivity index (χ1v) is 12.1. The van der Waals surface area contributed by atoms with Crippen LogP contribution in [0.1, 0.15) is 24.8 Å². The van der Waals surface area contributed by atoms with E-state index in [9.17, 15) is 19.2 Å². The van der Waals surface area contributed by atoms with E-state index in [-0.39, 0.29) is 37.1 Å². The van der Waals surface area contributed by atoms with Crippen molar-refractivity contribution < 1.29 is 29.0 Å². The van der Waals surface area contributed by atoms with Gasteiger partial charge in [-0.3, -0.25) is 19.3 Å². The van der Waals surface area contributed by atoms with Gasteiger partial charge in [0.1, 0.15) is 0 Å². The number of carbonyl (C=O) groups is 4. The van der Waals surface area contributed by atoms with Crippen LogP contribution in [0.2, 0.25) is 0 Å². The summed E-state index contributed by atoms with van der Waals surface area (Å²) in [6.45, 7) is 4.82. The SMILES string of the molecule is Cc1ccccc1NC(=O)Nc1ccc(NC(=O)CCC(=O)NC(CC(=O)O)CN2CCOCC2)cc1. The number of nitrogens with one attached hydrogen (secondary N) is 4. The molecule has 1 aliphatic rings. The summed E-state index contributed by atoms with van der Waals surface area (Å²) >= 11 is 0. The average molecular weight is 512 g/mol. The van der Waals surface area contributed by atoms with Crippen LogP contribution in [-0.2, 0) is 19.1 Å². The molecule has 1 atom stereocenters. The maximum absolute atomic E-state index is 12.4. The van der Waals surface area contributed by atoms with Crippen LogP contribution in [0.25, 0.3) is 0 Å². The Morgan fingerprint density at radius 3 is 2.16 bits per heavy atom. The number of aryl methyl sites for hydroxylation is 1. The third-order valence-electron chi connectivity index (χ3n) is 5.77. The minimum atomic E-state index is -0.998. The Balaban J connectivity index is 1.41. The second kappa shape index (κ2) is 14.0. The van der Waals surface area contributed by atoms with Crippen LogP contribution < -0.4 is 21.3 Å². The molecule has 11 nitrogen and oxygen atoms in total. The molecule has 3 rings (SSSR count). The van der Waals surface area contributed by atoms with Gasteiger partial charge in [0.15, 0.2) is 0 Å². The van der Waals surface area contributed by atoms with Crippen molar-refractivity contribution in [2.45, 2.75) is 32.2 Å². The lowest BCUT2D eigenvalue weighted by Crippen LogP contribution is -2.48. The number of benzene rings is 2. The summed E-state index contributed by atoms with van der Waals surface area (Å²) in [6.07, 6.45) is -0.315. The van der Waals surface area contributed by atoms with Crippen molar-refractivity contribution in [1.82, 2.24) is 10.2 Å². The van der Waals surface area contributed by atoms with E-state index < -0.39 is 12.0 Å². The quantitative estimate of drug-likeness (QED) is 0.311. The van der Waals surface area contributed by atoms with Crippen molar-refractivity contribution >= 4 is 40.9 Å². The van der Waals surface area contributed by atoms with Crippen LogP contribution in [0.3, 0.4) is 0 Å². The first-order valence-electron chi connectivity index (χ1n) is 12.1. The van der Waals surface area contributed by atoms with E-state index in [1.165, 1.54) is 0 Å². The van der Waals surface area contributed by atoms with E-state index in [0.717, 1.165) is 5.56 Å². The van der Waals surface area contributed by atoms with Crippen molar-refractivity contribution in [3.05, 3.63) is 54.1 Å². The van der Waals surface area contributed by atoms with Gasteiger partial charge >= 0.3 is 12.0 Å². The molecule has 0 saturated carbocycles. The van der Waals surface area contributed by atoms with E-state index in [2.05, 4.69) is 26.2 Å². The van der Waals surface area contributed by atoms with Crippen LogP contribution in [0, 0.1) is 6.92 Å². The Kier molecular flexibility index (Phi) is 10.4. The number of rotatable bonds is 11. The van der Waals surface area contributed by atoms with Crippen LogP contribution >= 0.6 is 0 Å². The molecule has 1 saturated heterocycles. The number of morpholine rings is 1. The second-order valence-corrected chi connectivity index (χ2v) is 8.79. The summed E-state index contributed by atoms with van der Waals surface area (Å²) < 4.78 is 5.30. The largest absolute Gasteiger partial charge is 0.481 e. The van der Waals surface area contributed by atoms with Crippen LogP contribution in [0.4, 0.5) is 21.9 Å². The fourth-order valence-electron chi connectivity index (χ4n) is 3.85. The Hall–Kier alpha value is -3.96. The van der Waals surface area contributed by atoms with Gasteiger partial charge < -0.3 is 31.1 Å². The third-order valence-corrected chi connectivity index (χ3v) is 5.77. The fourth-order valence-corrected chi connectivity index (χ4v) is 3.85. The number of amides is 4. The molecule has 11 heteroatoms. The summed E-state index contributed by atoms with van der Waals surface area (Å²) in [6, 6.07) is 13.1. The molecule has 0 aromatic heterocycles. The zero-order valence-corrected chi connectivity index (χ0v) is 20.8. The minimum absolute atomic E-state index is 0.0536. The Bertz CT molecular complexity index is 1090. The highest BCUT2D eigenvalue weighted by Gasteiger charge is 2.21. The number of hydrogen-bond acceptors (Lipinski definition) is 6. The van der Waals surface area contributed by atoms with Gasteiger partial charge in [-0.25, -0.2) is 4.79 Å². The molecule has 2 aromatic rings. The molecular formula is C26H33N5O6. The smallest absolute Gasteiger partial charge is 0.323 e. The summed E-state index contributed by atoms with van der Waals surface area (Å²) in [5.41, 5.74) is 2.72. The van der Waals surface area contributed by atoms with E-state index in [0.29, 0.717) is 49.9 Å². The molecule has 5 N–H and O–H groups in total. The number of para-hydroxylation sites is 1. The van der Waals surface area contributed by atoms with Gasteiger partial charge in [0.05, 0.1) is 25.7 Å². The van der Waals surface area contributed by atoms with Crippen molar-refractivity contribution in [2.24, 2.45) is 0 Å². The number of carbonyl (C=O) groups excluding carboxylic acids is 3. The van der Waals surface area contributed by atoms with Gasteiger partial charge in [0.2, 0.25) is 11.8 Å². The van der Waals surface area contributed by atoms with Crippen LogP contribution in [0.15, 0.2) is 48.5 Å². The number of anilines is 3. The van der Waals surface area contributed by atoms with Crippen LogP contribution in [0.5, 0.6) is 0 Å². The summed E-state index contributed by atoms with van der Waals surface area (Å²) in [5, 5.41) is 20.1. The van der Waals surface area contributed by atoms with Crippen molar-refractivity contribution in [1.29, 1.82) is 0 Å². The third kappa shape index (κ3) is 9.90. The number of ether oxygens (including phenoxy) is 1. The highest BCUT2D eigenvalue weighted by Crippen LogP contribution is 2.16. The Morgan fingerprint density at radius 1 is 0.892 bits per heavy atom. The predicted molar refractivity (Wildman–Crippen MR) is 140 cm³/mol. The number of aliphatic carboxylic acids is 1. The first-order chi connectivity index (χ1) is 17.8. The monoisotopic (exact) mass is 511 g/mol.